The number of carboxylic acid groups (broad SMARTS) is 1. The number of aliphatic hydroxyl groups is 3. The zero-order valence-electron chi connectivity index (χ0n) is 36.3. The number of nitrogens with two attached hydrogens (primary N) is 1. The van der Waals surface area contributed by atoms with Crippen LogP contribution in [0.3, 0.4) is 0 Å². The maximum atomic E-state index is 14.2. The quantitative estimate of drug-likeness (QED) is 0.0423. The van der Waals surface area contributed by atoms with Crippen LogP contribution in [0.1, 0.15) is 64.2 Å². The zero-order valence-corrected chi connectivity index (χ0v) is 37.2. The molecule has 4 rings (SSSR count). The number of likely N-dealkylation sites (tertiary alicyclic amines) is 3. The molecule has 0 spiro atoms. The van der Waals surface area contributed by atoms with E-state index in [1.54, 1.807) is 0 Å². The van der Waals surface area contributed by atoms with Crippen molar-refractivity contribution >= 4 is 77.7 Å². The van der Waals surface area contributed by atoms with E-state index in [1.807, 2.05) is 0 Å². The van der Waals surface area contributed by atoms with E-state index in [2.05, 4.69) is 49.8 Å². The molecule has 0 bridgehead atoms. The number of hydrogen-bond donors (Lipinski definition) is 13. The van der Waals surface area contributed by atoms with Crippen LogP contribution in [0, 0.1) is 0 Å². The molecular weight excluding hydrogens is 895 g/mol. The van der Waals surface area contributed by atoms with Crippen LogP contribution >= 0.6 is 12.6 Å². The Balaban J connectivity index is 1.37. The number of nitrogens with one attached hydrogen (secondary N) is 7. The van der Waals surface area contributed by atoms with Crippen LogP contribution in [0.4, 0.5) is 0 Å². The number of carboxylic acids is 1. The molecule has 4 aliphatic rings. The van der Waals surface area contributed by atoms with Gasteiger partial charge >= 0.3 is 5.97 Å². The second-order valence-electron chi connectivity index (χ2n) is 16.4. The lowest BCUT2D eigenvalue weighted by Crippen LogP contribution is -2.59. The van der Waals surface area contributed by atoms with Crippen molar-refractivity contribution in [2.24, 2.45) is 5.73 Å². The van der Waals surface area contributed by atoms with E-state index in [4.69, 9.17) is 5.73 Å². The minimum absolute atomic E-state index is 0.0703. The number of carbonyl (C=O) groups excluding carboxylic acids is 10. The minimum atomic E-state index is -1.62. The third-order valence-electron chi connectivity index (χ3n) is 11.8. The second-order valence-corrected chi connectivity index (χ2v) is 16.7. The highest BCUT2D eigenvalue weighted by Crippen LogP contribution is 2.29. The highest BCUT2D eigenvalue weighted by atomic mass is 32.1. The van der Waals surface area contributed by atoms with Gasteiger partial charge in [-0.3, -0.25) is 47.9 Å². The largest absolute Gasteiger partial charge is 0.480 e. The van der Waals surface area contributed by atoms with Gasteiger partial charge < -0.3 is 78.1 Å². The van der Waals surface area contributed by atoms with Gasteiger partial charge in [-0.05, 0) is 64.3 Å². The normalized spacial score (nSPS) is 22.6. The van der Waals surface area contributed by atoms with Crippen molar-refractivity contribution in [1.29, 1.82) is 0 Å². The molecule has 9 atom stereocenters. The lowest BCUT2D eigenvalue weighted by molar-refractivity contribution is -0.151. The number of hydrogen-bond acceptors (Lipinski definition) is 16. The summed E-state index contributed by atoms with van der Waals surface area (Å²) in [5, 5.41) is 55.3. The Labute approximate surface area is 384 Å². The van der Waals surface area contributed by atoms with E-state index >= 15 is 0 Å². The van der Waals surface area contributed by atoms with Crippen LogP contribution in [0.15, 0.2) is 0 Å². The number of aliphatic hydroxyl groups excluding tert-OH is 3. The first-order valence-electron chi connectivity index (χ1n) is 21.8. The predicted octanol–water partition coefficient (Wildman–Crippen LogP) is -7.49. The summed E-state index contributed by atoms with van der Waals surface area (Å²) < 4.78 is 0. The molecule has 0 unspecified atom stereocenters. The smallest absolute Gasteiger partial charge is 0.327 e. The Morgan fingerprint density at radius 2 is 1.11 bits per heavy atom. The fourth-order valence-electron chi connectivity index (χ4n) is 8.30. The van der Waals surface area contributed by atoms with Crippen molar-refractivity contribution < 1.29 is 73.2 Å². The topological polar surface area (TPSA) is 389 Å². The molecule has 10 amide bonds. The number of carbonyl (C=O) groups is 11. The summed E-state index contributed by atoms with van der Waals surface area (Å²) in [6.45, 7) is -2.44. The van der Waals surface area contributed by atoms with Crippen LogP contribution in [-0.4, -0.2) is 213 Å². The molecule has 0 saturated carbocycles. The van der Waals surface area contributed by atoms with Gasteiger partial charge in [0.1, 0.15) is 48.3 Å². The van der Waals surface area contributed by atoms with E-state index in [0.29, 0.717) is 32.2 Å². The van der Waals surface area contributed by atoms with E-state index in [0.717, 1.165) is 6.42 Å². The Hall–Kier alpha value is -5.64. The lowest BCUT2D eigenvalue weighted by atomic mass is 10.1. The van der Waals surface area contributed by atoms with E-state index in [-0.39, 0.29) is 57.5 Å². The molecule has 0 aromatic heterocycles. The molecule has 4 aliphatic heterocycles. The van der Waals surface area contributed by atoms with Crippen molar-refractivity contribution in [3.05, 3.63) is 0 Å². The molecule has 0 aromatic carbocycles. The third-order valence-corrected chi connectivity index (χ3v) is 12.2. The Morgan fingerprint density at radius 1 is 0.606 bits per heavy atom. The standard InChI is InChI=1S/C39H61N11O15S/c40-29(54)10-9-21(43-30(55)15-42-31(56)22(16-51)44-33(58)23(17-52)45-32(57)20-5-1-11-41-20)36(61)49-13-3-7-27(49)38(63)50-14-4-8-28(50)37(62)48-12-2-6-26(48)35(60)46-24(18-53)34(59)47-25(19-66)39(64)65/h20-28,41,51-53,66H,1-19H2,(H2,40,54)(H,42,56)(H,43,55)(H,44,58)(H,45,57)(H,46,60)(H,47,59)(H,64,65)/t20-,21-,22-,23-,24-,25-,26-,27-,28-/m0/s1. The van der Waals surface area contributed by atoms with Crippen LogP contribution in [0.2, 0.25) is 0 Å². The molecule has 26 nitrogen and oxygen atoms in total. The summed E-state index contributed by atoms with van der Waals surface area (Å²) >= 11 is 3.89. The van der Waals surface area contributed by atoms with Gasteiger partial charge in [-0.25, -0.2) is 4.79 Å². The van der Waals surface area contributed by atoms with Gasteiger partial charge in [0.2, 0.25) is 59.1 Å². The molecule has 27 heteroatoms. The number of amides is 10. The number of primary amides is 1. The van der Waals surface area contributed by atoms with Gasteiger partial charge in [-0.15, -0.1) is 0 Å². The third kappa shape index (κ3) is 13.9. The number of aliphatic carboxylic acids is 1. The van der Waals surface area contributed by atoms with Gasteiger partial charge in [-0.2, -0.15) is 12.6 Å². The van der Waals surface area contributed by atoms with Gasteiger partial charge in [0.05, 0.1) is 32.4 Å². The molecular formula is C39H61N11O15S. The van der Waals surface area contributed by atoms with Crippen molar-refractivity contribution in [1.82, 2.24) is 51.9 Å². The Bertz CT molecular complexity index is 1840. The average Bonchev–Trinajstić information content (AvgIpc) is 4.15. The van der Waals surface area contributed by atoms with Gasteiger partial charge in [-0.1, -0.05) is 0 Å². The van der Waals surface area contributed by atoms with Gasteiger partial charge in [0.15, 0.2) is 0 Å². The van der Waals surface area contributed by atoms with E-state index < -0.39 is 146 Å². The first-order chi connectivity index (χ1) is 31.4. The zero-order chi connectivity index (χ0) is 48.7. The first kappa shape index (κ1) is 53.0. The summed E-state index contributed by atoms with van der Waals surface area (Å²) in [6.07, 6.45) is 2.41. The highest BCUT2D eigenvalue weighted by molar-refractivity contribution is 7.80. The summed E-state index contributed by atoms with van der Waals surface area (Å²) in [6, 6.07) is -11.1. The summed E-state index contributed by atoms with van der Waals surface area (Å²) in [5.74, 6) is -9.52. The SMILES string of the molecule is NC(=O)CC[C@H](NC(=O)CNC(=O)[C@H](CO)NC(=O)[C@H](CO)NC(=O)[C@@H]1CCCN1)C(=O)N1CCC[C@H]1C(=O)N1CCC[C@H]1C(=O)N1CCC[C@H]1C(=O)N[C@@H](CO)C(=O)N[C@@H](CS)C(=O)O. The van der Waals surface area contributed by atoms with Crippen LogP contribution in [0.25, 0.3) is 0 Å². The second kappa shape index (κ2) is 25.3. The van der Waals surface area contributed by atoms with Crippen molar-refractivity contribution in [2.75, 3.05) is 58.3 Å². The number of nitrogens with zero attached hydrogens (tertiary/aromatic N) is 3. The number of rotatable bonds is 23. The fraction of sp³-hybridized carbons (Fsp3) is 0.718. The molecule has 66 heavy (non-hydrogen) atoms. The van der Waals surface area contributed by atoms with Crippen LogP contribution < -0.4 is 43.0 Å². The summed E-state index contributed by atoms with van der Waals surface area (Å²) in [5.41, 5.74) is 5.35. The fourth-order valence-corrected chi connectivity index (χ4v) is 8.55. The molecule has 4 saturated heterocycles. The average molecular weight is 956 g/mol. The van der Waals surface area contributed by atoms with Crippen molar-refractivity contribution in [3.63, 3.8) is 0 Å². The van der Waals surface area contributed by atoms with E-state index in [9.17, 15) is 73.2 Å². The molecule has 4 fully saturated rings. The maximum absolute atomic E-state index is 14.2. The summed E-state index contributed by atoms with van der Waals surface area (Å²) in [7, 11) is 0. The van der Waals surface area contributed by atoms with Gasteiger partial charge in [0.25, 0.3) is 0 Å². The molecule has 13 N–H and O–H groups in total. The molecule has 0 aliphatic carbocycles. The molecule has 0 radical (unpaired) electrons. The highest BCUT2D eigenvalue weighted by Gasteiger charge is 2.47. The van der Waals surface area contributed by atoms with E-state index in [1.165, 1.54) is 14.7 Å². The molecule has 0 aromatic rings. The number of thiol groups is 1. The first-order valence-corrected chi connectivity index (χ1v) is 22.5. The van der Waals surface area contributed by atoms with Crippen LogP contribution in [0.5, 0.6) is 0 Å². The van der Waals surface area contributed by atoms with Crippen molar-refractivity contribution in [2.45, 2.75) is 119 Å². The maximum Gasteiger partial charge on any atom is 0.327 e. The van der Waals surface area contributed by atoms with Crippen molar-refractivity contribution in [3.8, 4) is 0 Å². The monoisotopic (exact) mass is 955 g/mol. The lowest BCUT2D eigenvalue weighted by Gasteiger charge is -2.35. The molecule has 4 heterocycles. The Kier molecular flexibility index (Phi) is 20.3. The Morgan fingerprint density at radius 3 is 1.62 bits per heavy atom. The summed E-state index contributed by atoms with van der Waals surface area (Å²) in [4.78, 5) is 147. The molecule has 368 valence electrons. The van der Waals surface area contributed by atoms with Gasteiger partial charge in [0, 0.05) is 31.8 Å². The predicted molar refractivity (Wildman–Crippen MR) is 229 cm³/mol. The minimum Gasteiger partial charge on any atom is -0.480 e. The van der Waals surface area contributed by atoms with Crippen LogP contribution in [-0.2, 0) is 52.7 Å².